The molecule has 3 aliphatic carbocycles. The van der Waals surface area contributed by atoms with Gasteiger partial charge in [-0.25, -0.2) is 0 Å². The van der Waals surface area contributed by atoms with Gasteiger partial charge >= 0.3 is 0 Å². The van der Waals surface area contributed by atoms with E-state index in [4.69, 9.17) is 19.5 Å². The first-order valence-electron chi connectivity index (χ1n) is 19.6. The van der Waals surface area contributed by atoms with Crippen LogP contribution in [0.4, 0.5) is 0 Å². The number of hydrogen-bond acceptors (Lipinski definition) is 8. The van der Waals surface area contributed by atoms with Crippen molar-refractivity contribution in [3.8, 4) is 11.5 Å². The molecule has 9 heteroatoms. The Morgan fingerprint density at radius 1 is 1.04 bits per heavy atom. The lowest BCUT2D eigenvalue weighted by molar-refractivity contribution is -0.255. The second kappa shape index (κ2) is 17.9. The Labute approximate surface area is 309 Å². The molecule has 0 radical (unpaired) electrons. The zero-order valence-electron chi connectivity index (χ0n) is 30.8. The lowest BCUT2D eigenvalue weighted by Gasteiger charge is -2.59. The summed E-state index contributed by atoms with van der Waals surface area (Å²) in [7, 11) is 1.88. The standard InChI is InChI=1S/C43H58N2O7/c1-3-25-50-43-39(45(2)40(49)22-19-30-13-7-8-14-30)28-37(44-51-29-31-15-5-4-6-16-31)35-26-32(17-9-11-23-46)34(18-10-12-24-47)41(42(35)43)36-27-33(48)20-21-38(36)52-43/h3-6,15-16,20-21,26-27,30,32,34,39,41-42,46-48H,1,7-14,17-19,22-25,28-29H2,2H3/t32-,34+,39-,41+,42+,43+/m0/s1. The Morgan fingerprint density at radius 3 is 2.52 bits per heavy atom. The number of fused-ring (bicyclic) bond motifs is 2. The number of hydrogen-bond donors (Lipinski definition) is 3. The van der Waals surface area contributed by atoms with Gasteiger partial charge in [-0.15, -0.1) is 6.58 Å². The third kappa shape index (κ3) is 8.27. The van der Waals surface area contributed by atoms with Crippen LogP contribution >= 0.6 is 0 Å². The number of aliphatic hydroxyl groups is 2. The van der Waals surface area contributed by atoms with Crippen LogP contribution in [-0.4, -0.2) is 70.5 Å². The van der Waals surface area contributed by atoms with Crippen LogP contribution in [0.5, 0.6) is 11.5 Å². The van der Waals surface area contributed by atoms with E-state index < -0.39 is 11.8 Å². The molecule has 4 aliphatic rings. The first kappa shape index (κ1) is 38.1. The number of allylic oxidation sites excluding steroid dienone is 1. The molecule has 1 amide bonds. The highest BCUT2D eigenvalue weighted by Crippen LogP contribution is 2.61. The van der Waals surface area contributed by atoms with Crippen molar-refractivity contribution >= 4 is 11.6 Å². The number of aliphatic hydroxyl groups excluding tert-OH is 2. The predicted octanol–water partition coefficient (Wildman–Crippen LogP) is 7.65. The van der Waals surface area contributed by atoms with Crippen molar-refractivity contribution in [3.05, 3.63) is 84.0 Å². The highest BCUT2D eigenvalue weighted by molar-refractivity contribution is 6.03. The number of carbonyl (C=O) groups excluding carboxylic acids is 1. The molecule has 52 heavy (non-hydrogen) atoms. The van der Waals surface area contributed by atoms with Gasteiger partial charge in [0.05, 0.1) is 18.2 Å². The summed E-state index contributed by atoms with van der Waals surface area (Å²) in [6.07, 6.45) is 15.4. The molecule has 2 saturated carbocycles. The Hall–Kier alpha value is -3.66. The summed E-state index contributed by atoms with van der Waals surface area (Å²) in [5, 5.41) is 35.3. The second-order valence-electron chi connectivity index (χ2n) is 15.2. The molecule has 6 atom stereocenters. The largest absolute Gasteiger partial charge is 0.508 e. The molecule has 0 spiro atoms. The number of ether oxygens (including phenoxy) is 2. The topological polar surface area (TPSA) is 121 Å². The van der Waals surface area contributed by atoms with Gasteiger partial charge in [0.25, 0.3) is 0 Å². The van der Waals surface area contributed by atoms with Gasteiger partial charge < -0.3 is 34.5 Å². The molecule has 0 saturated heterocycles. The number of amides is 1. The maximum absolute atomic E-state index is 14.2. The van der Waals surface area contributed by atoms with E-state index in [0.717, 1.165) is 54.5 Å². The van der Waals surface area contributed by atoms with E-state index in [2.05, 4.69) is 12.7 Å². The third-order valence-corrected chi connectivity index (χ3v) is 12.0. The number of nitrogens with zero attached hydrogens (tertiary/aromatic N) is 2. The monoisotopic (exact) mass is 714 g/mol. The molecule has 9 nitrogen and oxygen atoms in total. The fraction of sp³-hybridized carbons (Fsp3) is 0.581. The van der Waals surface area contributed by atoms with E-state index in [1.165, 1.54) is 25.7 Å². The average molecular weight is 715 g/mol. The van der Waals surface area contributed by atoms with E-state index in [1.807, 2.05) is 54.4 Å². The van der Waals surface area contributed by atoms with E-state index >= 15 is 0 Å². The molecule has 2 aromatic rings. The van der Waals surface area contributed by atoms with Crippen LogP contribution in [0.1, 0.15) is 101 Å². The number of phenols is 1. The number of aromatic hydroxyl groups is 1. The number of carbonyl (C=O) groups is 1. The third-order valence-electron chi connectivity index (χ3n) is 12.0. The fourth-order valence-electron chi connectivity index (χ4n) is 9.47. The van der Waals surface area contributed by atoms with Crippen molar-refractivity contribution in [3.63, 3.8) is 0 Å². The first-order chi connectivity index (χ1) is 25.4. The Kier molecular flexibility index (Phi) is 13.1. The molecule has 1 aliphatic heterocycles. The van der Waals surface area contributed by atoms with Crippen LogP contribution < -0.4 is 4.74 Å². The minimum Gasteiger partial charge on any atom is -0.508 e. The summed E-state index contributed by atoms with van der Waals surface area (Å²) in [6.45, 7) is 4.77. The van der Waals surface area contributed by atoms with Gasteiger partial charge in [0.15, 0.2) is 0 Å². The molecule has 1 heterocycles. The van der Waals surface area contributed by atoms with Gasteiger partial charge in [-0.05, 0) is 79.2 Å². The van der Waals surface area contributed by atoms with Crippen LogP contribution in [-0.2, 0) is 21.0 Å². The molecular weight excluding hydrogens is 656 g/mol. The smallest absolute Gasteiger partial charge is 0.239 e. The molecule has 0 bridgehead atoms. The van der Waals surface area contributed by atoms with Crippen molar-refractivity contribution in [1.82, 2.24) is 4.90 Å². The number of oxime groups is 1. The summed E-state index contributed by atoms with van der Waals surface area (Å²) < 4.78 is 14.1. The number of benzene rings is 2. The predicted molar refractivity (Wildman–Crippen MR) is 202 cm³/mol. The van der Waals surface area contributed by atoms with Crippen LogP contribution in [0.3, 0.4) is 0 Å². The SMILES string of the molecule is C=CCO[C@@]12Oc3ccc(O)cc3[C@H]3[C@H](CCCCO)[C@@H](CCCCO)C=C(C(=NOCc4ccccc4)C[C@@H]1N(C)C(=O)CCC1CCCC1)[C@H]32. The minimum atomic E-state index is -1.27. The summed E-state index contributed by atoms with van der Waals surface area (Å²) >= 11 is 0. The van der Waals surface area contributed by atoms with Crippen molar-refractivity contribution < 1.29 is 34.4 Å². The molecular formula is C43H58N2O7. The number of rotatable bonds is 18. The lowest BCUT2D eigenvalue weighted by Crippen LogP contribution is -2.69. The summed E-state index contributed by atoms with van der Waals surface area (Å²) in [5.41, 5.74) is 3.69. The van der Waals surface area contributed by atoms with Crippen LogP contribution in [0.25, 0.3) is 0 Å². The van der Waals surface area contributed by atoms with Crippen molar-refractivity contribution in [2.45, 2.75) is 108 Å². The van der Waals surface area contributed by atoms with E-state index in [0.29, 0.717) is 44.0 Å². The zero-order chi connectivity index (χ0) is 36.5. The van der Waals surface area contributed by atoms with Crippen LogP contribution in [0.15, 0.2) is 78.0 Å². The number of likely N-dealkylation sites (N-methyl/N-ethyl adjacent to an activating group) is 1. The summed E-state index contributed by atoms with van der Waals surface area (Å²) in [6, 6.07) is 14.7. The van der Waals surface area contributed by atoms with E-state index in [1.54, 1.807) is 12.1 Å². The summed E-state index contributed by atoms with van der Waals surface area (Å²) in [4.78, 5) is 22.2. The highest BCUT2D eigenvalue weighted by Gasteiger charge is 2.65. The molecule has 282 valence electrons. The van der Waals surface area contributed by atoms with Crippen LogP contribution in [0.2, 0.25) is 0 Å². The lowest BCUT2D eigenvalue weighted by atomic mass is 9.55. The normalized spacial score (nSPS) is 27.3. The maximum atomic E-state index is 14.2. The molecule has 0 unspecified atom stereocenters. The maximum Gasteiger partial charge on any atom is 0.239 e. The van der Waals surface area contributed by atoms with Crippen molar-refractivity contribution in [2.24, 2.45) is 28.8 Å². The quantitative estimate of drug-likeness (QED) is 0.0824. The van der Waals surface area contributed by atoms with Gasteiger partial charge in [-0.2, -0.15) is 0 Å². The molecule has 6 rings (SSSR count). The Morgan fingerprint density at radius 2 is 1.79 bits per heavy atom. The first-order valence-corrected chi connectivity index (χ1v) is 19.6. The van der Waals surface area contributed by atoms with Gasteiger partial charge in [0, 0.05) is 44.6 Å². The van der Waals surface area contributed by atoms with Gasteiger partial charge in [-0.1, -0.05) is 86.2 Å². The van der Waals surface area contributed by atoms with E-state index in [-0.39, 0.29) is 55.1 Å². The molecule has 0 aromatic heterocycles. The van der Waals surface area contributed by atoms with Gasteiger partial charge in [0.2, 0.25) is 11.7 Å². The molecule has 2 fully saturated rings. The zero-order valence-corrected chi connectivity index (χ0v) is 30.8. The van der Waals surface area contributed by atoms with Gasteiger partial charge in [0.1, 0.15) is 24.1 Å². The second-order valence-corrected chi connectivity index (χ2v) is 15.2. The number of phenolic OH excluding ortho intramolecular Hbond substituents is 1. The average Bonchev–Trinajstić information content (AvgIpc) is 3.69. The van der Waals surface area contributed by atoms with E-state index in [9.17, 15) is 20.1 Å². The molecule has 2 aromatic carbocycles. The molecule has 3 N–H and O–H groups in total. The van der Waals surface area contributed by atoms with Crippen molar-refractivity contribution in [1.29, 1.82) is 0 Å². The van der Waals surface area contributed by atoms with Crippen molar-refractivity contribution in [2.75, 3.05) is 26.9 Å². The minimum absolute atomic E-state index is 0.0595. The Bertz CT molecular complexity index is 1550. The summed E-state index contributed by atoms with van der Waals surface area (Å²) in [5.74, 6) is -0.0972. The fourth-order valence-corrected chi connectivity index (χ4v) is 9.47. The highest BCUT2D eigenvalue weighted by atomic mass is 16.7. The van der Waals surface area contributed by atoms with Crippen LogP contribution in [0, 0.1) is 23.7 Å². The number of unbranched alkanes of at least 4 members (excludes halogenated alkanes) is 2. The van der Waals surface area contributed by atoms with Gasteiger partial charge in [-0.3, -0.25) is 4.79 Å². The Balaban J connectivity index is 1.48.